The van der Waals surface area contributed by atoms with Crippen molar-refractivity contribution in [1.29, 1.82) is 0 Å². The van der Waals surface area contributed by atoms with Gasteiger partial charge in [0, 0.05) is 14.2 Å². The van der Waals surface area contributed by atoms with Gasteiger partial charge in [0.25, 0.3) is 0 Å². The molecule has 0 saturated heterocycles. The van der Waals surface area contributed by atoms with Crippen molar-refractivity contribution in [2.24, 2.45) is 0 Å². The van der Waals surface area contributed by atoms with Gasteiger partial charge in [0.15, 0.2) is 0 Å². The van der Waals surface area contributed by atoms with Gasteiger partial charge in [-0.2, -0.15) is 0 Å². The normalized spacial score (nSPS) is 6.92. The van der Waals surface area contributed by atoms with Gasteiger partial charge in [0.2, 0.25) is 0 Å². The van der Waals surface area contributed by atoms with Gasteiger partial charge in [-0.3, -0.25) is 0 Å². The van der Waals surface area contributed by atoms with Gasteiger partial charge >= 0.3 is 21.7 Å². The molecule has 0 aromatic carbocycles. The van der Waals surface area contributed by atoms with E-state index in [-0.39, 0.29) is 58.9 Å². The first-order valence-electron chi connectivity index (χ1n) is 2.97. The van der Waals surface area contributed by atoms with E-state index in [0.29, 0.717) is 26.4 Å². The molecule has 0 saturated carbocycles. The Morgan fingerprint density at radius 1 is 0.692 bits per heavy atom. The topological polar surface area (TPSA) is 27.7 Å². The van der Waals surface area contributed by atoms with E-state index in [1.807, 2.05) is 0 Å². The zero-order valence-corrected chi connectivity index (χ0v) is 11.5. The third-order valence-electron chi connectivity index (χ3n) is 0.864. The Morgan fingerprint density at radius 2 is 1.00 bits per heavy atom. The average molecular weight is 288 g/mol. The first-order chi connectivity index (χ1) is 4.41. The third-order valence-corrected chi connectivity index (χ3v) is 0.864. The second-order valence-corrected chi connectivity index (χ2v) is 1.60. The van der Waals surface area contributed by atoms with E-state index in [1.54, 1.807) is 14.2 Å². The predicted octanol–water partition coefficient (Wildman–Crippen LogP) is -8.69. The van der Waals surface area contributed by atoms with E-state index in [1.165, 1.54) is 0 Å². The molecule has 0 aromatic rings. The van der Waals surface area contributed by atoms with Crippen LogP contribution >= 0.6 is 0 Å². The first-order valence-corrected chi connectivity index (χ1v) is 2.97. The molecule has 81 valence electrons. The van der Waals surface area contributed by atoms with Crippen LogP contribution in [0, 0.1) is 0 Å². The zero-order valence-electron chi connectivity index (χ0n) is 7.69. The molecule has 0 aromatic heterocycles. The van der Waals surface area contributed by atoms with Crippen molar-refractivity contribution in [2.45, 2.75) is 0 Å². The Kier molecular flexibility index (Phi) is 65.7. The molecule has 0 amide bonds. The number of hydrogen-bond acceptors (Lipinski definition) is 3. The number of ether oxygens (including phenoxy) is 3. The van der Waals surface area contributed by atoms with E-state index in [0.717, 1.165) is 0 Å². The molecule has 0 fully saturated rings. The summed E-state index contributed by atoms with van der Waals surface area (Å²) in [6.07, 6.45) is 0. The maximum atomic E-state index is 5.06. The minimum Gasteiger partial charge on any atom is -1.00 e. The minimum absolute atomic E-state index is 0. The van der Waals surface area contributed by atoms with E-state index >= 15 is 0 Å². The van der Waals surface area contributed by atoms with Crippen LogP contribution in [0.4, 0.5) is 0 Å². The zero-order chi connectivity index (χ0) is 6.95. The molecule has 7 heteroatoms. The summed E-state index contributed by atoms with van der Waals surface area (Å²) >= 11 is 0. The van der Waals surface area contributed by atoms with Gasteiger partial charge < -0.3 is 51.4 Å². The Labute approximate surface area is 113 Å². The van der Waals surface area contributed by atoms with Crippen LogP contribution < -0.4 is 37.2 Å². The van der Waals surface area contributed by atoms with Crippen molar-refractivity contribution in [3.05, 3.63) is 0 Å². The van der Waals surface area contributed by atoms with E-state index in [4.69, 9.17) is 14.2 Å². The molecule has 0 heterocycles. The van der Waals surface area contributed by atoms with Crippen molar-refractivity contribution in [3.63, 3.8) is 0 Å². The van der Waals surface area contributed by atoms with Crippen LogP contribution in [0.2, 0.25) is 0 Å². The number of rotatable bonds is 6. The quantitative estimate of drug-likeness (QED) is 0.359. The first kappa shape index (κ1) is 29.3. The molecule has 0 aliphatic rings. The van der Waals surface area contributed by atoms with Crippen LogP contribution in [-0.4, -0.2) is 40.6 Å². The maximum Gasteiger partial charge on any atom is 3.00 e. The molecule has 0 aliphatic carbocycles. The fourth-order valence-corrected chi connectivity index (χ4v) is 0.387. The van der Waals surface area contributed by atoms with Crippen molar-refractivity contribution in [2.75, 3.05) is 40.6 Å². The van der Waals surface area contributed by atoms with Crippen molar-refractivity contribution in [1.82, 2.24) is 0 Å². The summed E-state index contributed by atoms with van der Waals surface area (Å²) in [5.74, 6) is 0. The molecule has 0 atom stereocenters. The Morgan fingerprint density at radius 3 is 1.23 bits per heavy atom. The van der Waals surface area contributed by atoms with Gasteiger partial charge in [0.05, 0.1) is 26.4 Å². The molecule has 0 spiro atoms. The second kappa shape index (κ2) is 29.2. The van der Waals surface area contributed by atoms with Gasteiger partial charge in [-0.25, -0.2) is 0 Å². The fraction of sp³-hybridized carbons (Fsp3) is 1.00. The molecule has 3 nitrogen and oxygen atoms in total. The summed E-state index contributed by atoms with van der Waals surface area (Å²) in [5.41, 5.74) is 0. The molecule has 0 N–H and O–H groups in total. The number of hydrogen-bond donors (Lipinski definition) is 0. The molecule has 1 radical (unpaired) electrons. The standard InChI is InChI=1S/C6H14O3.3ClH.Ti/c1-7-3-5-9-6-4-8-2;;;;/h3-6H2,1-2H3;3*1H;/q;;;;+3/p-3. The van der Waals surface area contributed by atoms with Gasteiger partial charge in [-0.1, -0.05) is 0 Å². The van der Waals surface area contributed by atoms with Crippen LogP contribution in [0.1, 0.15) is 0 Å². The largest absolute Gasteiger partial charge is 3.00 e. The molecule has 0 aliphatic heterocycles. The van der Waals surface area contributed by atoms with Crippen LogP contribution in [-0.2, 0) is 35.9 Å². The molecule has 13 heavy (non-hydrogen) atoms. The minimum atomic E-state index is 0. The summed E-state index contributed by atoms with van der Waals surface area (Å²) in [6, 6.07) is 0. The Bertz CT molecular complexity index is 56.4. The number of methoxy groups -OCH3 is 2. The van der Waals surface area contributed by atoms with Crippen LogP contribution in [0.25, 0.3) is 0 Å². The van der Waals surface area contributed by atoms with Crippen LogP contribution in [0.5, 0.6) is 0 Å². The second-order valence-electron chi connectivity index (χ2n) is 1.60. The molecule has 0 bridgehead atoms. The van der Waals surface area contributed by atoms with Gasteiger partial charge in [0.1, 0.15) is 0 Å². The summed E-state index contributed by atoms with van der Waals surface area (Å²) < 4.78 is 14.6. The van der Waals surface area contributed by atoms with E-state index in [9.17, 15) is 0 Å². The van der Waals surface area contributed by atoms with Crippen molar-refractivity contribution < 1.29 is 73.1 Å². The molecular formula is C6H14Cl3O3Ti. The van der Waals surface area contributed by atoms with Gasteiger partial charge in [-0.15, -0.1) is 0 Å². The monoisotopic (exact) mass is 287 g/mol. The summed E-state index contributed by atoms with van der Waals surface area (Å²) in [6.45, 7) is 2.62. The molecule has 0 unspecified atom stereocenters. The predicted molar refractivity (Wildman–Crippen MR) is 34.6 cm³/mol. The molecular weight excluding hydrogens is 274 g/mol. The summed E-state index contributed by atoms with van der Waals surface area (Å²) in [5, 5.41) is 0. The molecule has 0 rings (SSSR count). The summed E-state index contributed by atoms with van der Waals surface area (Å²) in [4.78, 5) is 0. The maximum absolute atomic E-state index is 5.06. The van der Waals surface area contributed by atoms with Crippen LogP contribution in [0.15, 0.2) is 0 Å². The smallest absolute Gasteiger partial charge is 1.00 e. The Hall–Kier alpha value is 1.46. The van der Waals surface area contributed by atoms with E-state index in [2.05, 4.69) is 0 Å². The average Bonchev–Trinajstić information content (AvgIpc) is 1.89. The van der Waals surface area contributed by atoms with Crippen molar-refractivity contribution >= 4 is 0 Å². The van der Waals surface area contributed by atoms with Gasteiger partial charge in [-0.05, 0) is 0 Å². The SMILES string of the molecule is COCCOCCOC.[Cl-].[Cl-].[Cl-].[Ti+3]. The fourth-order valence-electron chi connectivity index (χ4n) is 0.387. The van der Waals surface area contributed by atoms with Crippen molar-refractivity contribution in [3.8, 4) is 0 Å². The number of halogens is 3. The Balaban J connectivity index is -0.0000000533. The van der Waals surface area contributed by atoms with Crippen LogP contribution in [0.3, 0.4) is 0 Å². The van der Waals surface area contributed by atoms with E-state index < -0.39 is 0 Å². The third kappa shape index (κ3) is 31.8. The summed E-state index contributed by atoms with van der Waals surface area (Å²) in [7, 11) is 3.30.